The lowest BCUT2D eigenvalue weighted by Crippen LogP contribution is -1.89. The van der Waals surface area contributed by atoms with Gasteiger partial charge < -0.3 is 9.47 Å². The van der Waals surface area contributed by atoms with E-state index in [1.54, 1.807) is 14.2 Å². The van der Waals surface area contributed by atoms with Gasteiger partial charge in [-0.1, -0.05) is 0 Å². The van der Waals surface area contributed by atoms with Crippen LogP contribution in [0.4, 0.5) is 0 Å². The summed E-state index contributed by atoms with van der Waals surface area (Å²) in [6.07, 6.45) is 0. The third-order valence-electron chi connectivity index (χ3n) is 0.236. The summed E-state index contributed by atoms with van der Waals surface area (Å²) in [4.78, 5) is 0. The Kier molecular flexibility index (Phi) is 8.61. The summed E-state index contributed by atoms with van der Waals surface area (Å²) in [7, 11) is -1.49. The first kappa shape index (κ1) is 12.5. The predicted molar refractivity (Wildman–Crippen MR) is 33.1 cm³/mol. The average Bonchev–Trinajstić information content (AvgIpc) is 1.63. The zero-order valence-corrected chi connectivity index (χ0v) is 6.46. The van der Waals surface area contributed by atoms with Crippen LogP contribution in [0.2, 0.25) is 0 Å². The van der Waals surface area contributed by atoms with Crippen LogP contribution < -0.4 is 0 Å². The largest absolute Gasteiger partial charge is 0.394 e. The minimum absolute atomic E-state index is 0.389. The first-order valence-corrected chi connectivity index (χ1v) is 3.49. The fourth-order valence-electron chi connectivity index (χ4n) is 0.118. The van der Waals surface area contributed by atoms with Crippen LogP contribution in [0.15, 0.2) is 0 Å². The Morgan fingerprint density at radius 3 is 1.40 bits per heavy atom. The molecule has 7 heteroatoms. The van der Waals surface area contributed by atoms with Crippen molar-refractivity contribution in [2.24, 2.45) is 0 Å². The molecule has 0 aliphatic rings. The molecule has 0 saturated carbocycles. The van der Waals surface area contributed by atoms with E-state index in [1.807, 2.05) is 0 Å². The smallest absolute Gasteiger partial charge is 0.359 e. The van der Waals surface area contributed by atoms with Gasteiger partial charge in [-0.15, -0.1) is 0 Å². The van der Waals surface area contributed by atoms with Crippen LogP contribution in [-0.2, 0) is 19.9 Å². The van der Waals surface area contributed by atoms with Crippen molar-refractivity contribution in [3.8, 4) is 0 Å². The molecule has 0 radical (unpaired) electrons. The normalized spacial score (nSPS) is 10.0. The van der Waals surface area contributed by atoms with Gasteiger partial charge in [-0.25, -0.2) is 0 Å². The van der Waals surface area contributed by atoms with Crippen molar-refractivity contribution >= 4 is 10.4 Å². The molecule has 0 bridgehead atoms. The molecule has 0 unspecified atom stereocenters. The fourth-order valence-corrected chi connectivity index (χ4v) is 0.118. The van der Waals surface area contributed by atoms with Gasteiger partial charge in [-0.3, -0.25) is 9.11 Å². The molecule has 0 spiro atoms. The number of hydrogen-bond acceptors (Lipinski definition) is 4. The first-order chi connectivity index (χ1) is 4.41. The maximum absolute atomic E-state index is 8.74. The van der Waals surface area contributed by atoms with Crippen molar-refractivity contribution in [1.82, 2.24) is 0 Å². The molecule has 0 amide bonds. The Hall–Kier alpha value is -0.210. The van der Waals surface area contributed by atoms with E-state index < -0.39 is 10.4 Å². The molecule has 10 heavy (non-hydrogen) atoms. The molecule has 6 nitrogen and oxygen atoms in total. The van der Waals surface area contributed by atoms with E-state index in [-0.39, 0.29) is 0 Å². The van der Waals surface area contributed by atoms with E-state index in [2.05, 4.69) is 9.47 Å². The summed E-state index contributed by atoms with van der Waals surface area (Å²) in [5.74, 6) is 0. The van der Waals surface area contributed by atoms with Crippen LogP contribution in [-0.4, -0.2) is 38.5 Å². The lowest BCUT2D eigenvalue weighted by Gasteiger charge is -1.87. The Balaban J connectivity index is 0. The van der Waals surface area contributed by atoms with Gasteiger partial charge in [-0.05, 0) is 0 Å². The van der Waals surface area contributed by atoms with E-state index in [0.717, 1.165) is 0 Å². The fraction of sp³-hybridized carbons (Fsp3) is 1.00. The Labute approximate surface area is 59.3 Å². The Morgan fingerprint density at radius 2 is 1.40 bits per heavy atom. The summed E-state index contributed by atoms with van der Waals surface area (Å²) in [5, 5.41) is 0. The van der Waals surface area contributed by atoms with E-state index in [1.165, 1.54) is 0 Å². The van der Waals surface area contributed by atoms with Crippen LogP contribution in [0.3, 0.4) is 0 Å². The van der Waals surface area contributed by atoms with Crippen molar-refractivity contribution in [3.05, 3.63) is 0 Å². The number of methoxy groups -OCH3 is 2. The standard InChI is InChI=1S/C3H8O2.H2O4S/c1-4-3-5-2;1-5(2,3)4/h3H2,1-2H3;(H2,1,2,3,4). The average molecular weight is 174 g/mol. The van der Waals surface area contributed by atoms with Crippen molar-refractivity contribution in [1.29, 1.82) is 0 Å². The Morgan fingerprint density at radius 1 is 1.20 bits per heavy atom. The van der Waals surface area contributed by atoms with Gasteiger partial charge in [-0.2, -0.15) is 8.42 Å². The molecular weight excluding hydrogens is 164 g/mol. The molecule has 0 rings (SSSR count). The van der Waals surface area contributed by atoms with Gasteiger partial charge in [0.25, 0.3) is 0 Å². The molecular formula is C3H10O6S. The second-order valence-corrected chi connectivity index (χ2v) is 2.04. The molecule has 0 saturated heterocycles. The summed E-state index contributed by atoms with van der Waals surface area (Å²) < 4.78 is 40.5. The molecule has 0 fully saturated rings. The van der Waals surface area contributed by atoms with Crippen molar-refractivity contribution < 1.29 is 27.0 Å². The highest BCUT2D eigenvalue weighted by molar-refractivity contribution is 7.79. The molecule has 0 aromatic heterocycles. The zero-order valence-electron chi connectivity index (χ0n) is 5.64. The molecule has 0 aromatic rings. The van der Waals surface area contributed by atoms with Gasteiger partial charge in [0, 0.05) is 14.2 Å². The lowest BCUT2D eigenvalue weighted by atomic mass is 11.4. The van der Waals surface area contributed by atoms with E-state index >= 15 is 0 Å². The zero-order chi connectivity index (χ0) is 8.62. The monoisotopic (exact) mass is 174 g/mol. The minimum Gasteiger partial charge on any atom is -0.359 e. The van der Waals surface area contributed by atoms with Gasteiger partial charge in [0.15, 0.2) is 0 Å². The topological polar surface area (TPSA) is 93.1 Å². The summed E-state index contributed by atoms with van der Waals surface area (Å²) in [6.45, 7) is 0.389. The van der Waals surface area contributed by atoms with Crippen LogP contribution in [0.25, 0.3) is 0 Å². The highest BCUT2D eigenvalue weighted by Crippen LogP contribution is 1.60. The second kappa shape index (κ2) is 6.90. The quantitative estimate of drug-likeness (QED) is 0.436. The number of ether oxygens (including phenoxy) is 2. The van der Waals surface area contributed by atoms with Gasteiger partial charge in [0.2, 0.25) is 0 Å². The maximum atomic E-state index is 8.74. The van der Waals surface area contributed by atoms with Crippen molar-refractivity contribution in [2.45, 2.75) is 0 Å². The minimum atomic E-state index is -4.67. The molecule has 0 aliphatic heterocycles. The van der Waals surface area contributed by atoms with Crippen LogP contribution in [0.1, 0.15) is 0 Å². The molecule has 2 N–H and O–H groups in total. The third kappa shape index (κ3) is 112. The molecule has 0 aliphatic carbocycles. The highest BCUT2D eigenvalue weighted by Gasteiger charge is 1.84. The van der Waals surface area contributed by atoms with E-state index in [9.17, 15) is 0 Å². The maximum Gasteiger partial charge on any atom is 0.394 e. The predicted octanol–water partition coefficient (Wildman–Crippen LogP) is -0.416. The van der Waals surface area contributed by atoms with Gasteiger partial charge in [0.05, 0.1) is 0 Å². The number of rotatable bonds is 2. The van der Waals surface area contributed by atoms with Crippen molar-refractivity contribution in [3.63, 3.8) is 0 Å². The number of hydrogen-bond donors (Lipinski definition) is 2. The third-order valence-corrected chi connectivity index (χ3v) is 0.236. The van der Waals surface area contributed by atoms with Crippen LogP contribution >= 0.6 is 0 Å². The summed E-state index contributed by atoms with van der Waals surface area (Å²) in [5.41, 5.74) is 0. The second-order valence-electron chi connectivity index (χ2n) is 1.14. The first-order valence-electron chi connectivity index (χ1n) is 2.09. The molecule has 0 atom stereocenters. The lowest BCUT2D eigenvalue weighted by molar-refractivity contribution is -0.00272. The molecule has 0 aromatic carbocycles. The summed E-state index contributed by atoms with van der Waals surface area (Å²) in [6, 6.07) is 0. The van der Waals surface area contributed by atoms with Crippen LogP contribution in [0, 0.1) is 0 Å². The van der Waals surface area contributed by atoms with E-state index in [4.69, 9.17) is 17.5 Å². The SMILES string of the molecule is COCOC.O=S(=O)(O)O. The Bertz CT molecular complexity index is 127. The van der Waals surface area contributed by atoms with Gasteiger partial charge >= 0.3 is 10.4 Å². The molecule has 64 valence electrons. The summed E-state index contributed by atoms with van der Waals surface area (Å²) >= 11 is 0. The van der Waals surface area contributed by atoms with E-state index in [0.29, 0.717) is 6.79 Å². The molecule has 0 heterocycles. The highest BCUT2D eigenvalue weighted by atomic mass is 32.3. The van der Waals surface area contributed by atoms with Crippen molar-refractivity contribution in [2.75, 3.05) is 21.0 Å². The van der Waals surface area contributed by atoms with Gasteiger partial charge in [0.1, 0.15) is 6.79 Å². The van der Waals surface area contributed by atoms with Crippen LogP contribution in [0.5, 0.6) is 0 Å².